The number of alkyl halides is 1. The highest BCUT2D eigenvalue weighted by molar-refractivity contribution is 9.08. The summed E-state index contributed by atoms with van der Waals surface area (Å²) in [7, 11) is 0. The molecule has 0 aliphatic heterocycles. The third-order valence-electron chi connectivity index (χ3n) is 1.33. The average Bonchev–Trinajstić information content (AvgIpc) is 2.04. The first-order valence-corrected chi connectivity index (χ1v) is 4.47. The Labute approximate surface area is 78.6 Å². The number of halogens is 1. The fourth-order valence-corrected chi connectivity index (χ4v) is 1.29. The minimum atomic E-state index is -0.789. The quantitative estimate of drug-likeness (QED) is 0.790. The summed E-state index contributed by atoms with van der Waals surface area (Å²) in [5, 5.41) is 0.635. The van der Waals surface area contributed by atoms with Gasteiger partial charge in [0.25, 0.3) is 0 Å². The first-order chi connectivity index (χ1) is 5.74. The summed E-state index contributed by atoms with van der Waals surface area (Å²) < 4.78 is 4.75. The molecule has 1 amide bonds. The van der Waals surface area contributed by atoms with Gasteiger partial charge in [-0.2, -0.15) is 0 Å². The van der Waals surface area contributed by atoms with Crippen molar-refractivity contribution < 1.29 is 9.53 Å². The number of amides is 1. The predicted octanol–water partition coefficient (Wildman–Crippen LogP) is 2.04. The van der Waals surface area contributed by atoms with Crippen LogP contribution in [0.15, 0.2) is 24.3 Å². The van der Waals surface area contributed by atoms with Crippen molar-refractivity contribution in [3.8, 4) is 5.75 Å². The first kappa shape index (κ1) is 9.06. The molecule has 0 saturated heterocycles. The minimum absolute atomic E-state index is 0.502. The maximum Gasteiger partial charge on any atom is 0.409 e. The highest BCUT2D eigenvalue weighted by atomic mass is 79.9. The zero-order valence-corrected chi connectivity index (χ0v) is 7.87. The Morgan fingerprint density at radius 2 is 2.17 bits per heavy atom. The third-order valence-corrected chi connectivity index (χ3v) is 1.93. The number of carbonyl (C=O) groups is 1. The molecule has 0 bridgehead atoms. The standard InChI is InChI=1S/C8H8BrNO2/c9-5-6-3-1-2-4-7(6)12-8(10)11/h1-4H,5H2,(H2,10,11). The molecule has 0 heterocycles. The molecule has 0 fully saturated rings. The Morgan fingerprint density at radius 1 is 1.50 bits per heavy atom. The van der Waals surface area contributed by atoms with Crippen molar-refractivity contribution in [2.75, 3.05) is 0 Å². The van der Waals surface area contributed by atoms with E-state index in [2.05, 4.69) is 15.9 Å². The van der Waals surface area contributed by atoms with Crippen molar-refractivity contribution >= 4 is 22.0 Å². The van der Waals surface area contributed by atoms with Crippen molar-refractivity contribution in [2.45, 2.75) is 5.33 Å². The topological polar surface area (TPSA) is 52.3 Å². The molecule has 4 heteroatoms. The summed E-state index contributed by atoms with van der Waals surface area (Å²) >= 11 is 3.27. The van der Waals surface area contributed by atoms with E-state index >= 15 is 0 Å². The molecule has 0 radical (unpaired) electrons. The molecule has 2 N–H and O–H groups in total. The van der Waals surface area contributed by atoms with Gasteiger partial charge in [0, 0.05) is 10.9 Å². The van der Waals surface area contributed by atoms with Crippen LogP contribution in [0.3, 0.4) is 0 Å². The monoisotopic (exact) mass is 229 g/mol. The number of nitrogens with two attached hydrogens (primary N) is 1. The summed E-state index contributed by atoms with van der Waals surface area (Å²) in [5.74, 6) is 0.502. The van der Waals surface area contributed by atoms with Crippen LogP contribution >= 0.6 is 15.9 Å². The predicted molar refractivity (Wildman–Crippen MR) is 49.3 cm³/mol. The van der Waals surface area contributed by atoms with Gasteiger partial charge in [0.1, 0.15) is 5.75 Å². The van der Waals surface area contributed by atoms with Gasteiger partial charge in [0.2, 0.25) is 0 Å². The van der Waals surface area contributed by atoms with Gasteiger partial charge < -0.3 is 10.5 Å². The maximum absolute atomic E-state index is 10.4. The molecule has 0 spiro atoms. The van der Waals surface area contributed by atoms with Crippen LogP contribution in [0.2, 0.25) is 0 Å². The van der Waals surface area contributed by atoms with Crippen LogP contribution in [0.5, 0.6) is 5.75 Å². The smallest absolute Gasteiger partial charge is 0.409 e. The Morgan fingerprint density at radius 3 is 2.75 bits per heavy atom. The maximum atomic E-state index is 10.4. The number of carbonyl (C=O) groups excluding carboxylic acids is 1. The summed E-state index contributed by atoms with van der Waals surface area (Å²) in [6.45, 7) is 0. The molecule has 0 aromatic heterocycles. The van der Waals surface area contributed by atoms with Gasteiger partial charge in [0.05, 0.1) is 0 Å². The SMILES string of the molecule is NC(=O)Oc1ccccc1CBr. The average molecular weight is 230 g/mol. The summed E-state index contributed by atoms with van der Waals surface area (Å²) in [6.07, 6.45) is -0.789. The van der Waals surface area contributed by atoms with E-state index in [0.717, 1.165) is 5.56 Å². The van der Waals surface area contributed by atoms with Crippen molar-refractivity contribution in [3.63, 3.8) is 0 Å². The van der Waals surface area contributed by atoms with Crippen LogP contribution in [0, 0.1) is 0 Å². The Kier molecular flexibility index (Phi) is 3.10. The van der Waals surface area contributed by atoms with E-state index in [-0.39, 0.29) is 0 Å². The number of para-hydroxylation sites is 1. The van der Waals surface area contributed by atoms with Gasteiger partial charge in [-0.15, -0.1) is 0 Å². The van der Waals surface area contributed by atoms with Gasteiger partial charge >= 0.3 is 6.09 Å². The third kappa shape index (κ3) is 2.23. The van der Waals surface area contributed by atoms with E-state index in [1.54, 1.807) is 12.1 Å². The molecule has 64 valence electrons. The van der Waals surface area contributed by atoms with Gasteiger partial charge in [-0.05, 0) is 6.07 Å². The lowest BCUT2D eigenvalue weighted by Crippen LogP contribution is -2.16. The van der Waals surface area contributed by atoms with Crippen LogP contribution in [0.4, 0.5) is 4.79 Å². The lowest BCUT2D eigenvalue weighted by atomic mass is 10.2. The van der Waals surface area contributed by atoms with Crippen molar-refractivity contribution in [1.82, 2.24) is 0 Å². The van der Waals surface area contributed by atoms with E-state index in [1.165, 1.54) is 0 Å². The highest BCUT2D eigenvalue weighted by Gasteiger charge is 2.03. The molecular formula is C8H8BrNO2. The van der Waals surface area contributed by atoms with Crippen molar-refractivity contribution in [1.29, 1.82) is 0 Å². The number of rotatable bonds is 2. The van der Waals surface area contributed by atoms with Crippen molar-refractivity contribution in [2.24, 2.45) is 5.73 Å². The molecule has 0 aliphatic carbocycles. The summed E-state index contributed by atoms with van der Waals surface area (Å²) in [5.41, 5.74) is 5.77. The van der Waals surface area contributed by atoms with Gasteiger partial charge in [0.15, 0.2) is 0 Å². The van der Waals surface area contributed by atoms with Gasteiger partial charge in [-0.3, -0.25) is 0 Å². The molecule has 1 rings (SSSR count). The summed E-state index contributed by atoms with van der Waals surface area (Å²) in [4.78, 5) is 10.4. The number of ether oxygens (including phenoxy) is 1. The van der Waals surface area contributed by atoms with E-state index in [1.807, 2.05) is 12.1 Å². The molecule has 3 nitrogen and oxygen atoms in total. The van der Waals surface area contributed by atoms with E-state index in [9.17, 15) is 4.79 Å². The van der Waals surface area contributed by atoms with Crippen LogP contribution in [-0.4, -0.2) is 6.09 Å². The van der Waals surface area contributed by atoms with Crippen LogP contribution < -0.4 is 10.5 Å². The lowest BCUT2D eigenvalue weighted by Gasteiger charge is -2.04. The fraction of sp³-hybridized carbons (Fsp3) is 0.125. The normalized spacial score (nSPS) is 9.42. The number of hydrogen-bond donors (Lipinski definition) is 1. The summed E-state index contributed by atoms with van der Waals surface area (Å²) in [6, 6.07) is 7.20. The zero-order valence-electron chi connectivity index (χ0n) is 6.29. The van der Waals surface area contributed by atoms with Crippen LogP contribution in [0.1, 0.15) is 5.56 Å². The molecule has 1 aromatic rings. The largest absolute Gasteiger partial charge is 0.410 e. The Balaban J connectivity index is 2.89. The molecule has 12 heavy (non-hydrogen) atoms. The highest BCUT2D eigenvalue weighted by Crippen LogP contribution is 2.19. The lowest BCUT2D eigenvalue weighted by molar-refractivity contribution is 0.210. The molecular weight excluding hydrogens is 222 g/mol. The molecule has 0 unspecified atom stereocenters. The molecule has 1 aromatic carbocycles. The first-order valence-electron chi connectivity index (χ1n) is 3.35. The number of benzene rings is 1. The molecule has 0 aliphatic rings. The van der Waals surface area contributed by atoms with Crippen LogP contribution in [0.25, 0.3) is 0 Å². The second-order valence-electron chi connectivity index (χ2n) is 2.16. The number of primary amides is 1. The Bertz CT molecular complexity index is 288. The zero-order chi connectivity index (χ0) is 8.97. The van der Waals surface area contributed by atoms with E-state index in [0.29, 0.717) is 11.1 Å². The molecule has 0 saturated carbocycles. The second-order valence-corrected chi connectivity index (χ2v) is 2.72. The van der Waals surface area contributed by atoms with E-state index in [4.69, 9.17) is 10.5 Å². The second kappa shape index (κ2) is 4.11. The van der Waals surface area contributed by atoms with E-state index < -0.39 is 6.09 Å². The minimum Gasteiger partial charge on any atom is -0.410 e. The van der Waals surface area contributed by atoms with Crippen LogP contribution in [-0.2, 0) is 5.33 Å². The van der Waals surface area contributed by atoms with Gasteiger partial charge in [-0.25, -0.2) is 4.79 Å². The molecule has 0 atom stereocenters. The van der Waals surface area contributed by atoms with Crippen molar-refractivity contribution in [3.05, 3.63) is 29.8 Å². The van der Waals surface area contributed by atoms with Gasteiger partial charge in [-0.1, -0.05) is 34.1 Å². The fourth-order valence-electron chi connectivity index (χ4n) is 0.822. The Hall–Kier alpha value is -1.03. The number of hydrogen-bond acceptors (Lipinski definition) is 2.